The van der Waals surface area contributed by atoms with Crippen LogP contribution in [-0.4, -0.2) is 31.7 Å². The van der Waals surface area contributed by atoms with Crippen LogP contribution in [0.1, 0.15) is 37.8 Å². The molecule has 0 radical (unpaired) electrons. The topological polar surface area (TPSA) is 57.7 Å². The van der Waals surface area contributed by atoms with Crippen LogP contribution in [0.5, 0.6) is 0 Å². The van der Waals surface area contributed by atoms with E-state index in [1.165, 1.54) is 6.92 Å². The molecular weight excluding hydrogens is 360 g/mol. The number of carbonyl (C=O) groups excluding carboxylic acids is 1. The molecule has 0 atom stereocenters. The largest absolute Gasteiger partial charge is 0.312 e. The molecule has 0 bridgehead atoms. The van der Waals surface area contributed by atoms with Gasteiger partial charge in [0, 0.05) is 32.2 Å². The SMILES string of the molecule is CCCCN(Cc1ccccc1)S(=O)(=O)c1ccc2c(c1)CCN2C(C)=O. The molecule has 6 heteroatoms. The normalized spacial score (nSPS) is 13.8. The maximum atomic E-state index is 13.3. The summed E-state index contributed by atoms with van der Waals surface area (Å²) in [6.07, 6.45) is 2.43. The van der Waals surface area contributed by atoms with Crippen molar-refractivity contribution in [3.05, 3.63) is 59.7 Å². The molecule has 0 saturated heterocycles. The number of hydrogen-bond acceptors (Lipinski definition) is 3. The molecule has 5 nitrogen and oxygen atoms in total. The molecule has 1 aliphatic heterocycles. The van der Waals surface area contributed by atoms with Gasteiger partial charge in [-0.15, -0.1) is 0 Å². The standard InChI is InChI=1S/C21H26N2O3S/c1-3-4-13-22(16-18-8-6-5-7-9-18)27(25,26)20-10-11-21-19(15-20)12-14-23(21)17(2)24/h5-11,15H,3-4,12-14,16H2,1-2H3. The van der Waals surface area contributed by atoms with E-state index in [4.69, 9.17) is 0 Å². The molecule has 144 valence electrons. The van der Waals surface area contributed by atoms with Crippen LogP contribution in [0.2, 0.25) is 0 Å². The second-order valence-corrected chi connectivity index (χ2v) is 8.83. The van der Waals surface area contributed by atoms with Crippen LogP contribution in [0.15, 0.2) is 53.4 Å². The summed E-state index contributed by atoms with van der Waals surface area (Å²) in [6.45, 7) is 5.05. The quantitative estimate of drug-likeness (QED) is 0.731. The van der Waals surface area contributed by atoms with E-state index >= 15 is 0 Å². The van der Waals surface area contributed by atoms with E-state index in [0.29, 0.717) is 31.0 Å². The second kappa shape index (κ2) is 8.23. The highest BCUT2D eigenvalue weighted by molar-refractivity contribution is 7.89. The van der Waals surface area contributed by atoms with Gasteiger partial charge in [0.05, 0.1) is 4.90 Å². The molecule has 0 aliphatic carbocycles. The molecule has 3 rings (SSSR count). The third kappa shape index (κ3) is 4.22. The maximum Gasteiger partial charge on any atom is 0.243 e. The molecule has 0 N–H and O–H groups in total. The maximum absolute atomic E-state index is 13.3. The summed E-state index contributed by atoms with van der Waals surface area (Å²) in [6, 6.07) is 14.8. The summed E-state index contributed by atoms with van der Waals surface area (Å²) >= 11 is 0. The van der Waals surface area contributed by atoms with Gasteiger partial charge in [-0.25, -0.2) is 8.42 Å². The zero-order chi connectivity index (χ0) is 19.4. The Balaban J connectivity index is 1.91. The van der Waals surface area contributed by atoms with Gasteiger partial charge in [-0.3, -0.25) is 4.79 Å². The number of amides is 1. The van der Waals surface area contributed by atoms with Crippen molar-refractivity contribution >= 4 is 21.6 Å². The minimum Gasteiger partial charge on any atom is -0.312 e. The Morgan fingerprint density at radius 1 is 1.15 bits per heavy atom. The van der Waals surface area contributed by atoms with Gasteiger partial charge in [-0.05, 0) is 42.2 Å². The third-order valence-electron chi connectivity index (χ3n) is 4.93. The van der Waals surface area contributed by atoms with E-state index < -0.39 is 10.0 Å². The predicted molar refractivity (Wildman–Crippen MR) is 107 cm³/mol. The molecule has 2 aromatic rings. The van der Waals surface area contributed by atoms with Gasteiger partial charge in [0.15, 0.2) is 0 Å². The molecule has 27 heavy (non-hydrogen) atoms. The zero-order valence-corrected chi connectivity index (χ0v) is 16.7. The lowest BCUT2D eigenvalue weighted by Gasteiger charge is -2.23. The van der Waals surface area contributed by atoms with E-state index in [0.717, 1.165) is 29.7 Å². The molecule has 0 aromatic heterocycles. The van der Waals surface area contributed by atoms with Crippen LogP contribution in [-0.2, 0) is 27.8 Å². The number of nitrogens with zero attached hydrogens (tertiary/aromatic N) is 2. The van der Waals surface area contributed by atoms with Crippen molar-refractivity contribution in [2.75, 3.05) is 18.0 Å². The summed E-state index contributed by atoms with van der Waals surface area (Å²) in [5, 5.41) is 0. The van der Waals surface area contributed by atoms with Crippen molar-refractivity contribution < 1.29 is 13.2 Å². The number of fused-ring (bicyclic) bond motifs is 1. The Hall–Kier alpha value is -2.18. The van der Waals surface area contributed by atoms with E-state index in [-0.39, 0.29) is 5.91 Å². The first-order valence-electron chi connectivity index (χ1n) is 9.38. The smallest absolute Gasteiger partial charge is 0.243 e. The monoisotopic (exact) mass is 386 g/mol. The van der Waals surface area contributed by atoms with Gasteiger partial charge < -0.3 is 4.90 Å². The lowest BCUT2D eigenvalue weighted by molar-refractivity contribution is -0.116. The molecule has 0 spiro atoms. The van der Waals surface area contributed by atoms with E-state index in [2.05, 4.69) is 6.92 Å². The third-order valence-corrected chi connectivity index (χ3v) is 6.77. The lowest BCUT2D eigenvalue weighted by Crippen LogP contribution is -2.31. The molecule has 1 heterocycles. The Bertz CT molecular complexity index is 910. The van der Waals surface area contributed by atoms with Gasteiger partial charge in [0.1, 0.15) is 0 Å². The van der Waals surface area contributed by atoms with Crippen molar-refractivity contribution in [3.63, 3.8) is 0 Å². The highest BCUT2D eigenvalue weighted by Gasteiger charge is 2.28. The predicted octanol–water partition coefficient (Wildman–Crippen LogP) is 3.59. The highest BCUT2D eigenvalue weighted by Crippen LogP contribution is 2.31. The number of hydrogen-bond donors (Lipinski definition) is 0. The molecule has 1 amide bonds. The fourth-order valence-electron chi connectivity index (χ4n) is 3.42. The highest BCUT2D eigenvalue weighted by atomic mass is 32.2. The number of unbranched alkanes of at least 4 members (excludes halogenated alkanes) is 1. The summed E-state index contributed by atoms with van der Waals surface area (Å²) in [4.78, 5) is 13.7. The first-order chi connectivity index (χ1) is 12.9. The molecular formula is C21H26N2O3S. The fourth-order valence-corrected chi connectivity index (χ4v) is 4.94. The van der Waals surface area contributed by atoms with Gasteiger partial charge in [-0.1, -0.05) is 43.7 Å². The molecule has 1 aliphatic rings. The van der Waals surface area contributed by atoms with E-state index in [1.54, 1.807) is 27.4 Å². The Kier molecular flexibility index (Phi) is 5.97. The Labute approximate surface area is 161 Å². The zero-order valence-electron chi connectivity index (χ0n) is 15.9. The molecule has 0 unspecified atom stereocenters. The second-order valence-electron chi connectivity index (χ2n) is 6.89. The molecule has 2 aromatic carbocycles. The van der Waals surface area contributed by atoms with Gasteiger partial charge in [-0.2, -0.15) is 4.31 Å². The first-order valence-corrected chi connectivity index (χ1v) is 10.8. The average molecular weight is 387 g/mol. The van der Waals surface area contributed by atoms with Crippen LogP contribution >= 0.6 is 0 Å². The molecule has 0 saturated carbocycles. The van der Waals surface area contributed by atoms with Crippen LogP contribution < -0.4 is 4.90 Å². The van der Waals surface area contributed by atoms with Gasteiger partial charge in [0.25, 0.3) is 0 Å². The van der Waals surface area contributed by atoms with Gasteiger partial charge >= 0.3 is 0 Å². The van der Waals surface area contributed by atoms with Crippen molar-refractivity contribution in [2.24, 2.45) is 0 Å². The Morgan fingerprint density at radius 2 is 1.89 bits per heavy atom. The van der Waals surface area contributed by atoms with Crippen molar-refractivity contribution in [1.29, 1.82) is 0 Å². The van der Waals surface area contributed by atoms with Crippen LogP contribution in [0, 0.1) is 0 Å². The van der Waals surface area contributed by atoms with Gasteiger partial charge in [0.2, 0.25) is 15.9 Å². The summed E-state index contributed by atoms with van der Waals surface area (Å²) < 4.78 is 28.2. The summed E-state index contributed by atoms with van der Waals surface area (Å²) in [7, 11) is -3.60. The van der Waals surface area contributed by atoms with Crippen LogP contribution in [0.4, 0.5) is 5.69 Å². The lowest BCUT2D eigenvalue weighted by atomic mass is 10.2. The number of benzene rings is 2. The van der Waals surface area contributed by atoms with E-state index in [1.807, 2.05) is 30.3 Å². The van der Waals surface area contributed by atoms with Crippen LogP contribution in [0.25, 0.3) is 0 Å². The van der Waals surface area contributed by atoms with Crippen molar-refractivity contribution in [2.45, 2.75) is 44.6 Å². The summed E-state index contributed by atoms with van der Waals surface area (Å²) in [5.74, 6) is -0.0157. The summed E-state index contributed by atoms with van der Waals surface area (Å²) in [5.41, 5.74) is 2.71. The minimum absolute atomic E-state index is 0.0157. The Morgan fingerprint density at radius 3 is 2.56 bits per heavy atom. The van der Waals surface area contributed by atoms with E-state index in [9.17, 15) is 13.2 Å². The fraction of sp³-hybridized carbons (Fsp3) is 0.381. The average Bonchev–Trinajstić information content (AvgIpc) is 3.09. The minimum atomic E-state index is -3.60. The first kappa shape index (κ1) is 19.6. The van der Waals surface area contributed by atoms with Crippen molar-refractivity contribution in [3.8, 4) is 0 Å². The number of anilines is 1. The number of carbonyl (C=O) groups is 1. The molecule has 0 fully saturated rings. The van der Waals surface area contributed by atoms with Crippen LogP contribution in [0.3, 0.4) is 0 Å². The van der Waals surface area contributed by atoms with Crippen molar-refractivity contribution in [1.82, 2.24) is 4.31 Å². The number of sulfonamides is 1. The number of rotatable bonds is 7.